The van der Waals surface area contributed by atoms with Crippen molar-refractivity contribution in [2.24, 2.45) is 0 Å². The molecule has 0 radical (unpaired) electrons. The van der Waals surface area contributed by atoms with Crippen LogP contribution < -0.4 is 5.32 Å². The number of furan rings is 1. The topological polar surface area (TPSA) is 25.2 Å². The third-order valence-electron chi connectivity index (χ3n) is 3.81. The van der Waals surface area contributed by atoms with Gasteiger partial charge in [0.05, 0.1) is 12.3 Å². The van der Waals surface area contributed by atoms with E-state index >= 15 is 0 Å². The van der Waals surface area contributed by atoms with Gasteiger partial charge in [0.25, 0.3) is 0 Å². The van der Waals surface area contributed by atoms with Crippen molar-refractivity contribution < 1.29 is 4.42 Å². The highest BCUT2D eigenvalue weighted by atomic mass is 16.3. The molecule has 1 aromatic heterocycles. The van der Waals surface area contributed by atoms with E-state index < -0.39 is 0 Å². The van der Waals surface area contributed by atoms with Crippen LogP contribution in [0.25, 0.3) is 10.8 Å². The maximum Gasteiger partial charge on any atom is 0.108 e. The Labute approximate surface area is 119 Å². The lowest BCUT2D eigenvalue weighted by Gasteiger charge is -2.17. The molecule has 0 fully saturated rings. The number of hydrogen-bond acceptors (Lipinski definition) is 2. The minimum absolute atomic E-state index is 0.174. The van der Waals surface area contributed by atoms with E-state index in [9.17, 15) is 0 Å². The maximum absolute atomic E-state index is 5.57. The largest absolute Gasteiger partial charge is 0.469 e. The van der Waals surface area contributed by atoms with Gasteiger partial charge in [-0.3, -0.25) is 0 Å². The van der Waals surface area contributed by atoms with Crippen molar-refractivity contribution in [3.8, 4) is 0 Å². The molecular formula is C18H19NO. The third-order valence-corrected chi connectivity index (χ3v) is 3.81. The number of aryl methyl sites for hydroxylation is 1. The first-order valence-corrected chi connectivity index (χ1v) is 7.05. The van der Waals surface area contributed by atoms with E-state index in [1.807, 2.05) is 7.05 Å². The van der Waals surface area contributed by atoms with Crippen LogP contribution >= 0.6 is 0 Å². The molecule has 2 heteroatoms. The summed E-state index contributed by atoms with van der Waals surface area (Å²) >= 11 is 0. The fourth-order valence-corrected chi connectivity index (χ4v) is 2.78. The zero-order chi connectivity index (χ0) is 13.9. The molecule has 0 amide bonds. The molecule has 0 bridgehead atoms. The summed E-state index contributed by atoms with van der Waals surface area (Å²) in [5, 5.41) is 5.94. The lowest BCUT2D eigenvalue weighted by molar-refractivity contribution is 0.505. The fraction of sp³-hybridized carbons (Fsp3) is 0.222. The number of rotatable bonds is 4. The molecule has 1 unspecified atom stereocenters. The van der Waals surface area contributed by atoms with Crippen LogP contribution in [0.1, 0.15) is 29.9 Å². The number of fused-ring (bicyclic) bond motifs is 1. The Balaban J connectivity index is 2.07. The molecular weight excluding hydrogens is 246 g/mol. The van der Waals surface area contributed by atoms with Gasteiger partial charge >= 0.3 is 0 Å². The normalized spacial score (nSPS) is 12.7. The molecule has 0 saturated heterocycles. The average molecular weight is 265 g/mol. The second kappa shape index (κ2) is 5.51. The second-order valence-electron chi connectivity index (χ2n) is 4.98. The van der Waals surface area contributed by atoms with Crippen LogP contribution in [0.4, 0.5) is 0 Å². The highest BCUT2D eigenvalue weighted by Gasteiger charge is 2.17. The number of hydrogen-bond donors (Lipinski definition) is 1. The second-order valence-corrected chi connectivity index (χ2v) is 4.98. The molecule has 1 atom stereocenters. The summed E-state index contributed by atoms with van der Waals surface area (Å²) in [6, 6.07) is 17.3. The Hall–Kier alpha value is -2.06. The van der Waals surface area contributed by atoms with Crippen LogP contribution in [0.15, 0.2) is 59.2 Å². The van der Waals surface area contributed by atoms with Crippen LogP contribution in [0, 0.1) is 0 Å². The highest BCUT2D eigenvalue weighted by molar-refractivity contribution is 5.83. The van der Waals surface area contributed by atoms with E-state index in [1.165, 1.54) is 21.9 Å². The Kier molecular flexibility index (Phi) is 3.57. The van der Waals surface area contributed by atoms with E-state index in [0.717, 1.165) is 12.2 Å². The van der Waals surface area contributed by atoms with Crippen molar-refractivity contribution in [2.75, 3.05) is 7.05 Å². The quantitative estimate of drug-likeness (QED) is 0.760. The number of benzene rings is 2. The van der Waals surface area contributed by atoms with Crippen molar-refractivity contribution in [3.63, 3.8) is 0 Å². The Bertz CT molecular complexity index is 714. The minimum atomic E-state index is 0.174. The van der Waals surface area contributed by atoms with Crippen molar-refractivity contribution in [3.05, 3.63) is 71.7 Å². The van der Waals surface area contributed by atoms with E-state index in [-0.39, 0.29) is 6.04 Å². The van der Waals surface area contributed by atoms with Crippen molar-refractivity contribution in [2.45, 2.75) is 19.4 Å². The van der Waals surface area contributed by atoms with E-state index in [4.69, 9.17) is 4.42 Å². The van der Waals surface area contributed by atoms with Gasteiger partial charge in [0.2, 0.25) is 0 Å². The van der Waals surface area contributed by atoms with Gasteiger partial charge in [0, 0.05) is 12.0 Å². The molecule has 102 valence electrons. The molecule has 0 saturated carbocycles. The summed E-state index contributed by atoms with van der Waals surface area (Å²) in [4.78, 5) is 0. The zero-order valence-electron chi connectivity index (χ0n) is 11.9. The van der Waals surface area contributed by atoms with Crippen LogP contribution in [-0.2, 0) is 6.42 Å². The first kappa shape index (κ1) is 12.9. The lowest BCUT2D eigenvalue weighted by atomic mass is 9.96. The molecule has 0 aliphatic rings. The third kappa shape index (κ3) is 2.23. The van der Waals surface area contributed by atoms with Crippen molar-refractivity contribution in [1.29, 1.82) is 0 Å². The minimum Gasteiger partial charge on any atom is -0.469 e. The van der Waals surface area contributed by atoms with E-state index in [1.54, 1.807) is 6.26 Å². The first-order chi connectivity index (χ1) is 9.83. The van der Waals surface area contributed by atoms with Crippen LogP contribution in [-0.4, -0.2) is 7.05 Å². The van der Waals surface area contributed by atoms with Crippen LogP contribution in [0.2, 0.25) is 0 Å². The maximum atomic E-state index is 5.57. The van der Waals surface area contributed by atoms with Gasteiger partial charge in [0.1, 0.15) is 5.76 Å². The Morgan fingerprint density at radius 3 is 2.60 bits per heavy atom. The molecule has 1 heterocycles. The van der Waals surface area contributed by atoms with E-state index in [2.05, 4.69) is 60.8 Å². The molecule has 3 aromatic rings. The first-order valence-electron chi connectivity index (χ1n) is 7.05. The molecule has 1 N–H and O–H groups in total. The van der Waals surface area contributed by atoms with Crippen molar-refractivity contribution in [1.82, 2.24) is 5.32 Å². The fourth-order valence-electron chi connectivity index (χ4n) is 2.78. The summed E-state index contributed by atoms with van der Waals surface area (Å²) in [6.45, 7) is 2.12. The molecule has 2 aromatic carbocycles. The van der Waals surface area contributed by atoms with Gasteiger partial charge in [-0.1, -0.05) is 43.3 Å². The predicted octanol–water partition coefficient (Wildman–Crippen LogP) is 4.30. The molecule has 0 aliphatic carbocycles. The smallest absolute Gasteiger partial charge is 0.108 e. The summed E-state index contributed by atoms with van der Waals surface area (Å²) in [5.41, 5.74) is 2.49. The summed E-state index contributed by atoms with van der Waals surface area (Å²) in [5.74, 6) is 1.05. The molecule has 2 nitrogen and oxygen atoms in total. The predicted molar refractivity (Wildman–Crippen MR) is 82.9 cm³/mol. The van der Waals surface area contributed by atoms with Gasteiger partial charge in [-0.05, 0) is 35.5 Å². The van der Waals surface area contributed by atoms with Crippen molar-refractivity contribution >= 4 is 10.8 Å². The summed E-state index contributed by atoms with van der Waals surface area (Å²) in [7, 11) is 1.99. The Morgan fingerprint density at radius 1 is 1.05 bits per heavy atom. The standard InChI is InChI=1S/C18H19NO/c1-3-17-16(10-11-20-17)18(19-2)15-9-8-13-6-4-5-7-14(13)12-15/h4-12,18-19H,3H2,1-2H3. The average Bonchev–Trinajstić information content (AvgIpc) is 2.96. The summed E-state index contributed by atoms with van der Waals surface area (Å²) in [6.07, 6.45) is 2.69. The summed E-state index contributed by atoms with van der Waals surface area (Å²) < 4.78 is 5.57. The Morgan fingerprint density at radius 2 is 1.85 bits per heavy atom. The van der Waals surface area contributed by atoms with Crippen LogP contribution in [0.3, 0.4) is 0 Å². The van der Waals surface area contributed by atoms with Gasteiger partial charge in [-0.15, -0.1) is 0 Å². The molecule has 0 spiro atoms. The molecule has 0 aliphatic heterocycles. The number of nitrogens with one attached hydrogen (secondary N) is 1. The lowest BCUT2D eigenvalue weighted by Crippen LogP contribution is -2.18. The SMILES string of the molecule is CCc1occc1C(NC)c1ccc2ccccc2c1. The monoisotopic (exact) mass is 265 g/mol. The van der Waals surface area contributed by atoms with Gasteiger partial charge in [-0.25, -0.2) is 0 Å². The van der Waals surface area contributed by atoms with E-state index in [0.29, 0.717) is 0 Å². The zero-order valence-corrected chi connectivity index (χ0v) is 11.9. The highest BCUT2D eigenvalue weighted by Crippen LogP contribution is 2.28. The van der Waals surface area contributed by atoms with Gasteiger partial charge in [-0.2, -0.15) is 0 Å². The van der Waals surface area contributed by atoms with Gasteiger partial charge < -0.3 is 9.73 Å². The van der Waals surface area contributed by atoms with Crippen LogP contribution in [0.5, 0.6) is 0 Å². The van der Waals surface area contributed by atoms with Gasteiger partial charge in [0.15, 0.2) is 0 Å². The molecule has 20 heavy (non-hydrogen) atoms. The molecule has 3 rings (SSSR count).